The lowest BCUT2D eigenvalue weighted by molar-refractivity contribution is 0.0599. The number of imidazole rings is 1. The Balaban J connectivity index is 2.37. The van der Waals surface area contributed by atoms with Crippen LogP contribution in [0.15, 0.2) is 36.7 Å². The number of aromatic nitrogens is 3. The predicted octanol–water partition coefficient (Wildman–Crippen LogP) is 1.68. The third-order valence-corrected chi connectivity index (χ3v) is 3.44. The summed E-state index contributed by atoms with van der Waals surface area (Å²) in [6.45, 7) is 0. The van der Waals surface area contributed by atoms with E-state index in [-0.39, 0.29) is 28.3 Å². The first-order valence-corrected chi connectivity index (χ1v) is 6.90. The van der Waals surface area contributed by atoms with Crippen molar-refractivity contribution in [2.75, 3.05) is 14.2 Å². The van der Waals surface area contributed by atoms with Crippen LogP contribution in [0.1, 0.15) is 20.7 Å². The largest absolute Gasteiger partial charge is 0.492 e. The topological polar surface area (TPSA) is 103 Å². The summed E-state index contributed by atoms with van der Waals surface area (Å²) in [5.74, 6) is -1.65. The Bertz CT molecular complexity index is 934. The highest BCUT2D eigenvalue weighted by Crippen LogP contribution is 2.30. The zero-order valence-corrected chi connectivity index (χ0v) is 12.9. The van der Waals surface area contributed by atoms with Crippen LogP contribution < -0.4 is 0 Å². The van der Waals surface area contributed by atoms with Crippen molar-refractivity contribution in [2.24, 2.45) is 0 Å². The molecule has 0 unspecified atom stereocenters. The normalized spacial score (nSPS) is 10.6. The lowest BCUT2D eigenvalue weighted by Gasteiger charge is -2.07. The number of pyridine rings is 2. The number of rotatable bonds is 3. The van der Waals surface area contributed by atoms with E-state index in [1.807, 2.05) is 0 Å². The van der Waals surface area contributed by atoms with Crippen LogP contribution in [0.25, 0.3) is 17.0 Å². The maximum atomic E-state index is 12.0. The molecule has 0 saturated heterocycles. The quantitative estimate of drug-likeness (QED) is 0.730. The number of aromatic hydroxyl groups is 1. The summed E-state index contributed by atoms with van der Waals surface area (Å²) in [5, 5.41) is 10.2. The average molecular weight is 327 g/mol. The molecule has 8 heteroatoms. The van der Waals surface area contributed by atoms with Crippen molar-refractivity contribution in [2.45, 2.75) is 0 Å². The fourth-order valence-electron chi connectivity index (χ4n) is 2.36. The van der Waals surface area contributed by atoms with E-state index in [0.717, 1.165) is 0 Å². The number of methoxy groups -OCH3 is 2. The van der Waals surface area contributed by atoms with Gasteiger partial charge < -0.3 is 14.6 Å². The fraction of sp³-hybridized carbons (Fsp3) is 0.125. The van der Waals surface area contributed by atoms with Crippen LogP contribution in [-0.4, -0.2) is 45.6 Å². The highest BCUT2D eigenvalue weighted by atomic mass is 16.5. The molecule has 122 valence electrons. The van der Waals surface area contributed by atoms with E-state index in [1.165, 1.54) is 30.9 Å². The van der Waals surface area contributed by atoms with Crippen LogP contribution in [0.3, 0.4) is 0 Å². The van der Waals surface area contributed by atoms with Gasteiger partial charge in [-0.15, -0.1) is 0 Å². The van der Waals surface area contributed by atoms with Gasteiger partial charge in [0, 0.05) is 12.4 Å². The van der Waals surface area contributed by atoms with Crippen LogP contribution in [0, 0.1) is 0 Å². The summed E-state index contributed by atoms with van der Waals surface area (Å²) >= 11 is 0. The highest BCUT2D eigenvalue weighted by Gasteiger charge is 2.23. The van der Waals surface area contributed by atoms with E-state index < -0.39 is 11.9 Å². The molecule has 24 heavy (non-hydrogen) atoms. The molecule has 3 aromatic rings. The van der Waals surface area contributed by atoms with Crippen molar-refractivity contribution in [1.82, 2.24) is 14.4 Å². The Kier molecular flexibility index (Phi) is 3.87. The Morgan fingerprint density at radius 1 is 1.17 bits per heavy atom. The number of ether oxygens (including phenoxy) is 2. The molecule has 0 aliphatic rings. The van der Waals surface area contributed by atoms with Crippen molar-refractivity contribution in [3.63, 3.8) is 0 Å². The van der Waals surface area contributed by atoms with E-state index in [9.17, 15) is 14.7 Å². The minimum atomic E-state index is -0.691. The number of carbonyl (C=O) groups is 2. The molecule has 0 aromatic carbocycles. The van der Waals surface area contributed by atoms with Gasteiger partial charge in [0.25, 0.3) is 0 Å². The number of esters is 2. The zero-order chi connectivity index (χ0) is 17.3. The van der Waals surface area contributed by atoms with Gasteiger partial charge in [-0.25, -0.2) is 9.59 Å². The summed E-state index contributed by atoms with van der Waals surface area (Å²) in [4.78, 5) is 32.1. The standard InChI is InChI=1S/C16H13N3O5/c1-23-15(21)9-7-10(16(22)24-2)13-18-14(20)12(19(13)8-9)11-5-3-4-6-17-11/h3-8,20H,1-2H3. The Hall–Kier alpha value is -3.42. The minimum Gasteiger partial charge on any atom is -0.492 e. The Morgan fingerprint density at radius 2 is 1.92 bits per heavy atom. The van der Waals surface area contributed by atoms with Gasteiger partial charge in [0.2, 0.25) is 5.88 Å². The molecule has 0 aliphatic carbocycles. The smallest absolute Gasteiger partial charge is 0.341 e. The molecule has 0 amide bonds. The molecule has 3 heterocycles. The monoisotopic (exact) mass is 327 g/mol. The second kappa shape index (κ2) is 5.99. The molecule has 0 bridgehead atoms. The van der Waals surface area contributed by atoms with Crippen molar-refractivity contribution < 1.29 is 24.2 Å². The van der Waals surface area contributed by atoms with Crippen LogP contribution in [0.5, 0.6) is 5.88 Å². The lowest BCUT2D eigenvalue weighted by atomic mass is 10.2. The first-order chi connectivity index (χ1) is 11.6. The minimum absolute atomic E-state index is 0.0258. The molecule has 0 aliphatic heterocycles. The molecular weight excluding hydrogens is 314 g/mol. The van der Waals surface area contributed by atoms with Crippen molar-refractivity contribution in [3.8, 4) is 17.3 Å². The molecule has 0 saturated carbocycles. The molecule has 0 radical (unpaired) electrons. The summed E-state index contributed by atoms with van der Waals surface area (Å²) < 4.78 is 10.8. The van der Waals surface area contributed by atoms with E-state index in [4.69, 9.17) is 9.47 Å². The van der Waals surface area contributed by atoms with Crippen LogP contribution >= 0.6 is 0 Å². The van der Waals surface area contributed by atoms with Gasteiger partial charge in [-0.2, -0.15) is 4.98 Å². The first kappa shape index (κ1) is 15.5. The Morgan fingerprint density at radius 3 is 2.54 bits per heavy atom. The van der Waals surface area contributed by atoms with E-state index >= 15 is 0 Å². The van der Waals surface area contributed by atoms with Crippen LogP contribution in [-0.2, 0) is 9.47 Å². The molecule has 0 atom stereocenters. The van der Waals surface area contributed by atoms with Crippen molar-refractivity contribution in [3.05, 3.63) is 47.8 Å². The number of nitrogens with zero attached hydrogens (tertiary/aromatic N) is 3. The van der Waals surface area contributed by atoms with E-state index in [0.29, 0.717) is 5.69 Å². The third-order valence-electron chi connectivity index (χ3n) is 3.44. The summed E-state index contributed by atoms with van der Waals surface area (Å²) in [6, 6.07) is 6.45. The van der Waals surface area contributed by atoms with Crippen LogP contribution in [0.2, 0.25) is 0 Å². The van der Waals surface area contributed by atoms with E-state index in [2.05, 4.69) is 9.97 Å². The average Bonchev–Trinajstić information content (AvgIpc) is 2.95. The van der Waals surface area contributed by atoms with Gasteiger partial charge in [0.05, 0.1) is 25.5 Å². The van der Waals surface area contributed by atoms with Gasteiger partial charge in [-0.05, 0) is 18.2 Å². The maximum absolute atomic E-state index is 12.0. The second-order valence-electron chi connectivity index (χ2n) is 4.82. The number of fused-ring (bicyclic) bond motifs is 1. The summed E-state index contributed by atoms with van der Waals surface area (Å²) in [5.41, 5.74) is 0.965. The second-order valence-corrected chi connectivity index (χ2v) is 4.82. The first-order valence-electron chi connectivity index (χ1n) is 6.90. The van der Waals surface area contributed by atoms with Gasteiger partial charge >= 0.3 is 11.9 Å². The fourth-order valence-corrected chi connectivity index (χ4v) is 2.36. The summed E-state index contributed by atoms with van der Waals surface area (Å²) in [6.07, 6.45) is 2.98. The molecule has 0 fully saturated rings. The molecule has 0 spiro atoms. The SMILES string of the molecule is COC(=O)c1cc(C(=O)OC)c2nc(O)c(-c3ccccn3)n2c1. The lowest BCUT2D eigenvalue weighted by Crippen LogP contribution is -2.10. The predicted molar refractivity (Wildman–Crippen MR) is 82.8 cm³/mol. The highest BCUT2D eigenvalue weighted by molar-refractivity contribution is 6.00. The maximum Gasteiger partial charge on any atom is 0.341 e. The Labute approximate surface area is 136 Å². The molecular formula is C16H13N3O5. The van der Waals surface area contributed by atoms with Crippen molar-refractivity contribution in [1.29, 1.82) is 0 Å². The van der Waals surface area contributed by atoms with Gasteiger partial charge in [0.1, 0.15) is 11.3 Å². The number of hydrogen-bond acceptors (Lipinski definition) is 7. The van der Waals surface area contributed by atoms with Gasteiger partial charge in [-0.3, -0.25) is 9.38 Å². The third kappa shape index (κ3) is 2.43. The van der Waals surface area contributed by atoms with E-state index in [1.54, 1.807) is 24.4 Å². The number of hydrogen-bond donors (Lipinski definition) is 1. The molecule has 1 N–H and O–H groups in total. The zero-order valence-electron chi connectivity index (χ0n) is 12.9. The molecule has 3 rings (SSSR count). The van der Waals surface area contributed by atoms with Crippen molar-refractivity contribution >= 4 is 17.6 Å². The molecule has 3 aromatic heterocycles. The molecule has 8 nitrogen and oxygen atoms in total. The summed E-state index contributed by atoms with van der Waals surface area (Å²) in [7, 11) is 2.45. The number of carbonyl (C=O) groups excluding carboxylic acids is 2. The van der Waals surface area contributed by atoms with Gasteiger partial charge in [0.15, 0.2) is 5.65 Å². The van der Waals surface area contributed by atoms with Crippen LogP contribution in [0.4, 0.5) is 0 Å². The van der Waals surface area contributed by atoms with Gasteiger partial charge in [-0.1, -0.05) is 6.07 Å².